The van der Waals surface area contributed by atoms with Crippen molar-refractivity contribution in [1.29, 1.82) is 0 Å². The second kappa shape index (κ2) is 10.1. The third-order valence-corrected chi connectivity index (χ3v) is 6.54. The third-order valence-electron chi connectivity index (χ3n) is 6.54. The molecule has 2 atom stereocenters. The Labute approximate surface area is 199 Å². The number of anilines is 2. The number of hydrogen-bond acceptors (Lipinski definition) is 5. The van der Waals surface area contributed by atoms with E-state index in [1.807, 2.05) is 29.2 Å². The van der Waals surface area contributed by atoms with Crippen LogP contribution in [-0.4, -0.2) is 55.3 Å². The van der Waals surface area contributed by atoms with Crippen molar-refractivity contribution in [2.24, 2.45) is 17.6 Å². The molecule has 7 nitrogen and oxygen atoms in total. The van der Waals surface area contributed by atoms with Crippen LogP contribution < -0.4 is 16.4 Å². The van der Waals surface area contributed by atoms with Crippen LogP contribution in [0, 0.1) is 17.7 Å². The molecule has 2 aromatic carbocycles. The first-order valence-electron chi connectivity index (χ1n) is 11.3. The van der Waals surface area contributed by atoms with Crippen LogP contribution in [0.2, 0.25) is 0 Å². The van der Waals surface area contributed by atoms with Crippen LogP contribution in [-0.2, 0) is 4.79 Å². The van der Waals surface area contributed by atoms with Crippen LogP contribution in [0.25, 0.3) is 6.08 Å². The number of benzene rings is 2. The van der Waals surface area contributed by atoms with Gasteiger partial charge in [-0.2, -0.15) is 0 Å². The lowest BCUT2D eigenvalue weighted by Crippen LogP contribution is -2.32. The zero-order valence-corrected chi connectivity index (χ0v) is 19.4. The molecule has 4 rings (SSSR count). The third kappa shape index (κ3) is 5.28. The molecule has 0 spiro atoms. The van der Waals surface area contributed by atoms with E-state index in [4.69, 9.17) is 5.73 Å². The number of hydrogen-bond donors (Lipinski definition) is 3. The minimum absolute atomic E-state index is 0.0762. The van der Waals surface area contributed by atoms with E-state index in [2.05, 4.69) is 22.6 Å². The van der Waals surface area contributed by atoms with Gasteiger partial charge in [0.15, 0.2) is 0 Å². The Balaban J connectivity index is 1.38. The summed E-state index contributed by atoms with van der Waals surface area (Å²) in [6.07, 6.45) is 3.89. The summed E-state index contributed by atoms with van der Waals surface area (Å²) >= 11 is 0. The highest BCUT2D eigenvalue weighted by Crippen LogP contribution is 2.31. The van der Waals surface area contributed by atoms with Gasteiger partial charge in [-0.1, -0.05) is 0 Å². The average Bonchev–Trinajstić information content (AvgIpc) is 3.36. The number of nitrogens with one attached hydrogen (secondary N) is 2. The number of fused-ring (bicyclic) bond motifs is 1. The summed E-state index contributed by atoms with van der Waals surface area (Å²) in [6.45, 7) is 5.58. The fraction of sp³-hybridized carbons (Fsp3) is 0.308. The number of nitrogens with zero attached hydrogens (tertiary/aromatic N) is 2. The molecule has 0 bridgehead atoms. The van der Waals surface area contributed by atoms with Crippen molar-refractivity contribution < 1.29 is 14.0 Å². The number of carbonyl (C=O) groups excluding carboxylic acids is 2. The summed E-state index contributed by atoms with van der Waals surface area (Å²) < 4.78 is 13.6. The summed E-state index contributed by atoms with van der Waals surface area (Å²) in [6, 6.07) is 11.4. The molecular weight excluding hydrogens is 433 g/mol. The molecule has 2 aliphatic rings. The molecule has 0 saturated carbocycles. The van der Waals surface area contributed by atoms with E-state index in [0.717, 1.165) is 31.9 Å². The van der Waals surface area contributed by atoms with E-state index in [-0.39, 0.29) is 5.91 Å². The zero-order chi connectivity index (χ0) is 24.2. The Kier molecular flexibility index (Phi) is 6.98. The van der Waals surface area contributed by atoms with Crippen LogP contribution in [0.4, 0.5) is 15.8 Å². The number of rotatable bonds is 7. The molecule has 178 valence electrons. The number of amides is 2. The normalized spacial score (nSPS) is 20.9. The van der Waals surface area contributed by atoms with Crippen LogP contribution in [0.15, 0.2) is 59.9 Å². The van der Waals surface area contributed by atoms with Crippen molar-refractivity contribution in [3.8, 4) is 0 Å². The van der Waals surface area contributed by atoms with E-state index in [1.54, 1.807) is 19.2 Å². The number of nitrogens with two attached hydrogens (primary N) is 1. The Morgan fingerprint density at radius 1 is 1.06 bits per heavy atom. The van der Waals surface area contributed by atoms with Gasteiger partial charge in [0, 0.05) is 54.9 Å². The van der Waals surface area contributed by atoms with Gasteiger partial charge in [-0.25, -0.2) is 4.39 Å². The number of allylic oxidation sites excluding steroid dienone is 1. The molecule has 0 aliphatic carbocycles. The molecule has 2 fully saturated rings. The van der Waals surface area contributed by atoms with Gasteiger partial charge in [0.25, 0.3) is 5.91 Å². The van der Waals surface area contributed by atoms with Gasteiger partial charge < -0.3 is 26.2 Å². The maximum absolute atomic E-state index is 13.6. The Bertz CT molecular complexity index is 1110. The Morgan fingerprint density at radius 3 is 2.38 bits per heavy atom. The lowest BCUT2D eigenvalue weighted by Gasteiger charge is -2.19. The van der Waals surface area contributed by atoms with Crippen molar-refractivity contribution in [2.45, 2.75) is 6.92 Å². The summed E-state index contributed by atoms with van der Waals surface area (Å²) in [5, 5.41) is 5.68. The predicted molar refractivity (Wildman–Crippen MR) is 132 cm³/mol. The quantitative estimate of drug-likeness (QED) is 0.433. The summed E-state index contributed by atoms with van der Waals surface area (Å²) in [5.41, 5.74) is 9.80. The van der Waals surface area contributed by atoms with Gasteiger partial charge in [0.1, 0.15) is 5.82 Å². The number of carbonyl (C=O) groups is 2. The molecule has 4 N–H and O–H groups in total. The Morgan fingerprint density at radius 2 is 1.74 bits per heavy atom. The van der Waals surface area contributed by atoms with E-state index >= 15 is 0 Å². The summed E-state index contributed by atoms with van der Waals surface area (Å²) in [7, 11) is 2.14. The fourth-order valence-corrected chi connectivity index (χ4v) is 4.72. The lowest BCUT2D eigenvalue weighted by atomic mass is 10.0. The maximum Gasteiger partial charge on any atom is 0.253 e. The van der Waals surface area contributed by atoms with Crippen LogP contribution in [0.1, 0.15) is 22.8 Å². The molecular formula is C26H30FN5O2. The van der Waals surface area contributed by atoms with Gasteiger partial charge in [-0.15, -0.1) is 0 Å². The maximum atomic E-state index is 13.6. The minimum atomic E-state index is -0.407. The zero-order valence-electron chi connectivity index (χ0n) is 19.4. The first kappa shape index (κ1) is 23.5. The van der Waals surface area contributed by atoms with Crippen molar-refractivity contribution >= 4 is 29.8 Å². The lowest BCUT2D eigenvalue weighted by molar-refractivity contribution is -0.105. The highest BCUT2D eigenvalue weighted by Gasteiger charge is 2.40. The van der Waals surface area contributed by atoms with E-state index in [0.29, 0.717) is 46.3 Å². The summed E-state index contributed by atoms with van der Waals surface area (Å²) in [4.78, 5) is 28.0. The first-order valence-corrected chi connectivity index (χ1v) is 11.3. The molecule has 2 unspecified atom stereocenters. The first-order chi connectivity index (χ1) is 16.3. The topological polar surface area (TPSA) is 90.7 Å². The molecule has 2 aromatic rings. The van der Waals surface area contributed by atoms with E-state index in [9.17, 15) is 14.0 Å². The summed E-state index contributed by atoms with van der Waals surface area (Å²) in [5.74, 6) is 0.830. The highest BCUT2D eigenvalue weighted by molar-refractivity contribution is 5.94. The van der Waals surface area contributed by atoms with Crippen LogP contribution >= 0.6 is 0 Å². The standard InChI is InChI=1S/C26H30FN5O2/c1-17(9-19-10-22(27)5-8-25(19)30-16-33)24(28)11-29-23-6-3-18(4-7-23)26(34)32-14-20-12-31(2)13-21(20)15-32/h3-11,16,20-21,29H,12-15,28H2,1-2H3,(H,30,33)/b17-9+,24-11-. The van der Waals surface area contributed by atoms with E-state index < -0.39 is 5.82 Å². The monoisotopic (exact) mass is 463 g/mol. The van der Waals surface area contributed by atoms with Crippen molar-refractivity contribution in [3.63, 3.8) is 0 Å². The molecule has 2 heterocycles. The number of halogens is 1. The highest BCUT2D eigenvalue weighted by atomic mass is 19.1. The SMILES string of the molecule is CC(=C\c1cc(F)ccc1NC=O)/C(N)=C/Nc1ccc(C(=O)N2CC3CN(C)CC3C2)cc1. The van der Waals surface area contributed by atoms with Gasteiger partial charge in [0.05, 0.1) is 5.70 Å². The molecule has 2 saturated heterocycles. The molecule has 8 heteroatoms. The van der Waals surface area contributed by atoms with Crippen molar-refractivity contribution in [3.05, 3.63) is 76.9 Å². The average molecular weight is 464 g/mol. The largest absolute Gasteiger partial charge is 0.397 e. The second-order valence-electron chi connectivity index (χ2n) is 9.09. The minimum Gasteiger partial charge on any atom is -0.397 e. The second-order valence-corrected chi connectivity index (χ2v) is 9.09. The molecule has 2 amide bonds. The van der Waals surface area contributed by atoms with Gasteiger partial charge in [-0.05, 0) is 79.9 Å². The predicted octanol–water partition coefficient (Wildman–Crippen LogP) is 3.34. The fourth-order valence-electron chi connectivity index (χ4n) is 4.72. The van der Waals surface area contributed by atoms with Crippen LogP contribution in [0.5, 0.6) is 0 Å². The number of likely N-dealkylation sites (tertiary alicyclic amines) is 2. The molecule has 2 aliphatic heterocycles. The van der Waals surface area contributed by atoms with Crippen LogP contribution in [0.3, 0.4) is 0 Å². The van der Waals surface area contributed by atoms with Gasteiger partial charge in [0.2, 0.25) is 6.41 Å². The van der Waals surface area contributed by atoms with Gasteiger partial charge in [-0.3, -0.25) is 9.59 Å². The molecule has 0 aromatic heterocycles. The van der Waals surface area contributed by atoms with Crippen molar-refractivity contribution in [1.82, 2.24) is 9.80 Å². The van der Waals surface area contributed by atoms with Crippen molar-refractivity contribution in [2.75, 3.05) is 43.9 Å². The Hall–Kier alpha value is -3.65. The smallest absolute Gasteiger partial charge is 0.253 e. The molecule has 0 radical (unpaired) electrons. The van der Waals surface area contributed by atoms with Gasteiger partial charge >= 0.3 is 0 Å². The molecule has 34 heavy (non-hydrogen) atoms. The van der Waals surface area contributed by atoms with E-state index in [1.165, 1.54) is 18.2 Å².